The quantitative estimate of drug-likeness (QED) is 0.322. The van der Waals surface area contributed by atoms with Crippen molar-refractivity contribution in [3.8, 4) is 11.4 Å². The normalized spacial score (nSPS) is 13.9. The summed E-state index contributed by atoms with van der Waals surface area (Å²) < 4.78 is 39.3. The van der Waals surface area contributed by atoms with Crippen LogP contribution in [0.3, 0.4) is 0 Å². The maximum absolute atomic E-state index is 13.6. The van der Waals surface area contributed by atoms with Crippen LogP contribution in [0, 0.1) is 5.82 Å². The molecular formula is C28H26FN5O4S. The molecule has 200 valence electrons. The summed E-state index contributed by atoms with van der Waals surface area (Å²) in [4.78, 5) is 27.5. The number of halogens is 1. The van der Waals surface area contributed by atoms with Gasteiger partial charge in [0.1, 0.15) is 11.9 Å². The molecule has 0 aliphatic carbocycles. The summed E-state index contributed by atoms with van der Waals surface area (Å²) in [5, 5.41) is 12.6. The number of nitrogens with one attached hydrogen (secondary N) is 1. The van der Waals surface area contributed by atoms with Crippen LogP contribution in [0.2, 0.25) is 0 Å². The number of hydrogen-bond donors (Lipinski definition) is 2. The second-order valence-corrected chi connectivity index (χ2v) is 11.4. The Balaban J connectivity index is 1.45. The van der Waals surface area contributed by atoms with Crippen LogP contribution >= 0.6 is 0 Å². The Labute approximate surface area is 225 Å². The molecule has 0 amide bonds. The van der Waals surface area contributed by atoms with Gasteiger partial charge in [-0.2, -0.15) is 15.0 Å². The predicted octanol–water partition coefficient (Wildman–Crippen LogP) is 3.72. The first-order valence-corrected chi connectivity index (χ1v) is 14.2. The molecule has 0 saturated heterocycles. The van der Waals surface area contributed by atoms with Crippen LogP contribution in [0.25, 0.3) is 11.4 Å². The average molecular weight is 548 g/mol. The third-order valence-corrected chi connectivity index (χ3v) is 8.01. The molecule has 5 rings (SSSR count). The number of benzene rings is 3. The lowest BCUT2D eigenvalue weighted by Crippen LogP contribution is -2.38. The number of anilines is 2. The van der Waals surface area contributed by atoms with Crippen molar-refractivity contribution in [2.45, 2.75) is 24.8 Å². The number of carboxylic acid groups (broad SMARTS) is 1. The van der Waals surface area contributed by atoms with E-state index in [-0.39, 0.29) is 17.5 Å². The van der Waals surface area contributed by atoms with Crippen LogP contribution in [0.4, 0.5) is 16.3 Å². The predicted molar refractivity (Wildman–Crippen MR) is 145 cm³/mol. The minimum atomic E-state index is -3.80. The molecule has 3 aromatic carbocycles. The van der Waals surface area contributed by atoms with Gasteiger partial charge >= 0.3 is 5.97 Å². The Kier molecular flexibility index (Phi) is 7.51. The average Bonchev–Trinajstić information content (AvgIpc) is 2.93. The summed E-state index contributed by atoms with van der Waals surface area (Å²) in [7, 11) is -3.80. The number of aliphatic carboxylic acids is 1. The lowest BCUT2D eigenvalue weighted by atomic mass is 10.0. The molecule has 0 radical (unpaired) electrons. The molecule has 0 unspecified atom stereocenters. The van der Waals surface area contributed by atoms with Gasteiger partial charge in [-0.05, 0) is 47.4 Å². The molecule has 0 fully saturated rings. The lowest BCUT2D eigenvalue weighted by molar-refractivity contribution is -0.137. The maximum Gasteiger partial charge on any atom is 0.327 e. The van der Waals surface area contributed by atoms with Gasteiger partial charge in [-0.15, -0.1) is 0 Å². The summed E-state index contributed by atoms with van der Waals surface area (Å²) in [6.07, 6.45) is 0.770. The molecule has 0 saturated carbocycles. The molecule has 0 bridgehead atoms. The lowest BCUT2D eigenvalue weighted by Gasteiger charge is -2.29. The van der Waals surface area contributed by atoms with E-state index < -0.39 is 33.4 Å². The fraction of sp³-hybridized carbons (Fsp3) is 0.214. The number of aromatic nitrogens is 3. The molecule has 2 N–H and O–H groups in total. The molecule has 11 heteroatoms. The van der Waals surface area contributed by atoms with Crippen molar-refractivity contribution in [3.05, 3.63) is 101 Å². The number of sulfone groups is 1. The van der Waals surface area contributed by atoms with Crippen molar-refractivity contribution < 1.29 is 22.7 Å². The van der Waals surface area contributed by atoms with Crippen LogP contribution in [0.5, 0.6) is 0 Å². The van der Waals surface area contributed by atoms with E-state index in [0.717, 1.165) is 12.0 Å². The molecule has 39 heavy (non-hydrogen) atoms. The standard InChI is InChI=1S/C28H26FN5O4S/c29-23-12-10-21(11-13-23)25-31-27(33-28(32-25)34-15-14-20-8-4-5-9-22(20)16-34)30-24(26(35)36)18-39(37,38)17-19-6-2-1-3-7-19/h1-13,24H,14-18H2,(H,35,36)(H,30,31,32,33)/t24-/m0/s1. The SMILES string of the molecule is O=C(O)[C@H](CS(=O)(=O)Cc1ccccc1)Nc1nc(-c2ccc(F)cc2)nc(N2CCc3ccccc3C2)n1. The highest BCUT2D eigenvalue weighted by atomic mass is 32.2. The Morgan fingerprint density at radius 3 is 2.36 bits per heavy atom. The summed E-state index contributed by atoms with van der Waals surface area (Å²) in [5.74, 6) is -2.31. The van der Waals surface area contributed by atoms with Gasteiger partial charge in [0.25, 0.3) is 0 Å². The van der Waals surface area contributed by atoms with E-state index in [1.54, 1.807) is 30.3 Å². The first-order valence-electron chi connectivity index (χ1n) is 12.3. The number of nitrogens with zero attached hydrogens (tertiary/aromatic N) is 4. The van der Waals surface area contributed by atoms with Gasteiger partial charge in [0, 0.05) is 18.7 Å². The van der Waals surface area contributed by atoms with E-state index in [4.69, 9.17) is 0 Å². The highest BCUT2D eigenvalue weighted by molar-refractivity contribution is 7.90. The van der Waals surface area contributed by atoms with Crippen molar-refractivity contribution in [1.29, 1.82) is 0 Å². The zero-order chi connectivity index (χ0) is 27.4. The van der Waals surface area contributed by atoms with Crippen LogP contribution < -0.4 is 10.2 Å². The topological polar surface area (TPSA) is 125 Å². The number of carboxylic acids is 1. The Bertz CT molecular complexity index is 1580. The molecule has 1 atom stereocenters. The highest BCUT2D eigenvalue weighted by Gasteiger charge is 2.28. The van der Waals surface area contributed by atoms with Gasteiger partial charge < -0.3 is 15.3 Å². The molecule has 1 aliphatic heterocycles. The minimum absolute atomic E-state index is 0.0829. The van der Waals surface area contributed by atoms with Crippen molar-refractivity contribution >= 4 is 27.7 Å². The minimum Gasteiger partial charge on any atom is -0.480 e. The number of rotatable bonds is 9. The molecule has 2 heterocycles. The second-order valence-electron chi connectivity index (χ2n) is 9.31. The van der Waals surface area contributed by atoms with Crippen LogP contribution in [0.15, 0.2) is 78.9 Å². The Morgan fingerprint density at radius 2 is 1.64 bits per heavy atom. The van der Waals surface area contributed by atoms with Crippen molar-refractivity contribution in [1.82, 2.24) is 15.0 Å². The zero-order valence-electron chi connectivity index (χ0n) is 20.9. The molecule has 4 aromatic rings. The Hall–Kier alpha value is -4.38. The summed E-state index contributed by atoms with van der Waals surface area (Å²) >= 11 is 0. The second kappa shape index (κ2) is 11.2. The molecule has 9 nitrogen and oxygen atoms in total. The van der Waals surface area contributed by atoms with E-state index in [1.165, 1.54) is 29.8 Å². The third-order valence-electron chi connectivity index (χ3n) is 6.39. The van der Waals surface area contributed by atoms with Gasteiger partial charge in [0.2, 0.25) is 11.9 Å². The number of hydrogen-bond acceptors (Lipinski definition) is 8. The molecule has 0 spiro atoms. The van der Waals surface area contributed by atoms with E-state index in [1.807, 2.05) is 23.1 Å². The molecule has 1 aliphatic rings. The fourth-order valence-electron chi connectivity index (χ4n) is 4.44. The van der Waals surface area contributed by atoms with Gasteiger partial charge in [-0.3, -0.25) is 0 Å². The monoisotopic (exact) mass is 547 g/mol. The van der Waals surface area contributed by atoms with Crippen LogP contribution in [-0.2, 0) is 33.4 Å². The summed E-state index contributed by atoms with van der Waals surface area (Å²) in [6, 6.07) is 20.7. The largest absolute Gasteiger partial charge is 0.480 e. The van der Waals surface area contributed by atoms with E-state index >= 15 is 0 Å². The number of fused-ring (bicyclic) bond motifs is 1. The van der Waals surface area contributed by atoms with Gasteiger partial charge in [0.15, 0.2) is 15.7 Å². The summed E-state index contributed by atoms with van der Waals surface area (Å²) in [5.41, 5.74) is 3.42. The number of carbonyl (C=O) groups is 1. The van der Waals surface area contributed by atoms with Crippen molar-refractivity contribution in [3.63, 3.8) is 0 Å². The first-order chi connectivity index (χ1) is 18.8. The van der Waals surface area contributed by atoms with Crippen molar-refractivity contribution in [2.75, 3.05) is 22.5 Å². The molecular weight excluding hydrogens is 521 g/mol. The molecule has 1 aromatic heterocycles. The van der Waals surface area contributed by atoms with Crippen LogP contribution in [0.1, 0.15) is 16.7 Å². The van der Waals surface area contributed by atoms with Crippen LogP contribution in [-0.4, -0.2) is 52.8 Å². The van der Waals surface area contributed by atoms with Gasteiger partial charge in [0.05, 0.1) is 11.5 Å². The third kappa shape index (κ3) is 6.55. The maximum atomic E-state index is 13.6. The summed E-state index contributed by atoms with van der Waals surface area (Å²) in [6.45, 7) is 1.16. The van der Waals surface area contributed by atoms with E-state index in [0.29, 0.717) is 30.2 Å². The first kappa shape index (κ1) is 26.2. The fourth-order valence-corrected chi connectivity index (χ4v) is 5.99. The highest BCUT2D eigenvalue weighted by Crippen LogP contribution is 2.25. The van der Waals surface area contributed by atoms with Gasteiger partial charge in [-0.1, -0.05) is 54.6 Å². The van der Waals surface area contributed by atoms with Crippen molar-refractivity contribution in [2.24, 2.45) is 0 Å². The van der Waals surface area contributed by atoms with Gasteiger partial charge in [-0.25, -0.2) is 17.6 Å². The van der Waals surface area contributed by atoms with E-state index in [9.17, 15) is 22.7 Å². The van der Waals surface area contributed by atoms with E-state index in [2.05, 4.69) is 26.3 Å². The zero-order valence-corrected chi connectivity index (χ0v) is 21.7. The Morgan fingerprint density at radius 1 is 0.949 bits per heavy atom. The smallest absolute Gasteiger partial charge is 0.327 e.